The molecule has 0 N–H and O–H groups in total. The van der Waals surface area contributed by atoms with Gasteiger partial charge in [-0.25, -0.2) is 0 Å². The third-order valence-electron chi connectivity index (χ3n) is 2.50. The van der Waals surface area contributed by atoms with Gasteiger partial charge in [-0.2, -0.15) is 0 Å². The van der Waals surface area contributed by atoms with Gasteiger partial charge in [-0.1, -0.05) is 33.1 Å². The molecule has 0 spiro atoms. The van der Waals surface area contributed by atoms with Crippen molar-refractivity contribution in [1.82, 2.24) is 0 Å². The van der Waals surface area contributed by atoms with Gasteiger partial charge in [0.2, 0.25) is 0 Å². The van der Waals surface area contributed by atoms with Gasteiger partial charge in [-0.05, 0) is 18.8 Å². The molecule has 13 heavy (non-hydrogen) atoms. The summed E-state index contributed by atoms with van der Waals surface area (Å²) in [6, 6.07) is 0. The van der Waals surface area contributed by atoms with Crippen LogP contribution in [0.5, 0.6) is 0 Å². The number of ether oxygens (including phenoxy) is 1. The van der Waals surface area contributed by atoms with E-state index in [4.69, 9.17) is 4.74 Å². The molecule has 76 valence electrons. The molecule has 0 amide bonds. The number of carbonyl (C=O) groups is 1. The molecule has 2 heteroatoms. The lowest BCUT2D eigenvalue weighted by Crippen LogP contribution is -2.21. The van der Waals surface area contributed by atoms with Crippen LogP contribution >= 0.6 is 0 Å². The molecule has 0 radical (unpaired) electrons. The highest BCUT2D eigenvalue weighted by Gasteiger charge is 2.22. The van der Waals surface area contributed by atoms with E-state index in [2.05, 4.69) is 13.8 Å². The summed E-state index contributed by atoms with van der Waals surface area (Å²) in [7, 11) is 0. The highest BCUT2D eigenvalue weighted by Crippen LogP contribution is 2.24. The van der Waals surface area contributed by atoms with Crippen LogP contribution in [0.15, 0.2) is 0 Å². The van der Waals surface area contributed by atoms with Crippen LogP contribution in [0.1, 0.15) is 46.0 Å². The Balaban J connectivity index is 2.21. The van der Waals surface area contributed by atoms with Crippen molar-refractivity contribution in [2.45, 2.75) is 46.0 Å². The van der Waals surface area contributed by atoms with Crippen molar-refractivity contribution in [2.75, 3.05) is 6.61 Å². The SMILES string of the molecule is CC(C)COC(=O)C1CCCCC1. The van der Waals surface area contributed by atoms with Gasteiger partial charge in [0.25, 0.3) is 0 Å². The molecule has 2 nitrogen and oxygen atoms in total. The molecule has 1 saturated carbocycles. The third-order valence-corrected chi connectivity index (χ3v) is 2.50. The maximum atomic E-state index is 11.5. The Morgan fingerprint density at radius 2 is 1.92 bits per heavy atom. The molecule has 0 bridgehead atoms. The third kappa shape index (κ3) is 3.79. The van der Waals surface area contributed by atoms with Gasteiger partial charge in [0, 0.05) is 0 Å². The number of hydrogen-bond acceptors (Lipinski definition) is 2. The first-order chi connectivity index (χ1) is 6.20. The summed E-state index contributed by atoms with van der Waals surface area (Å²) in [5, 5.41) is 0. The molecule has 1 aliphatic rings. The van der Waals surface area contributed by atoms with Crippen molar-refractivity contribution in [1.29, 1.82) is 0 Å². The van der Waals surface area contributed by atoms with E-state index in [9.17, 15) is 4.79 Å². The Bertz CT molecular complexity index is 157. The van der Waals surface area contributed by atoms with Crippen molar-refractivity contribution in [2.24, 2.45) is 11.8 Å². The summed E-state index contributed by atoms with van der Waals surface area (Å²) >= 11 is 0. The molecule has 1 aliphatic carbocycles. The fourth-order valence-electron chi connectivity index (χ4n) is 1.70. The second kappa shape index (κ2) is 5.25. The second-order valence-corrected chi connectivity index (χ2v) is 4.36. The lowest BCUT2D eigenvalue weighted by molar-refractivity contribution is -0.150. The Hall–Kier alpha value is -0.530. The Morgan fingerprint density at radius 3 is 2.46 bits per heavy atom. The summed E-state index contributed by atoms with van der Waals surface area (Å²) in [6.45, 7) is 4.71. The van der Waals surface area contributed by atoms with Crippen LogP contribution in [-0.4, -0.2) is 12.6 Å². The fourth-order valence-corrected chi connectivity index (χ4v) is 1.70. The topological polar surface area (TPSA) is 26.3 Å². The lowest BCUT2D eigenvalue weighted by Gasteiger charge is -2.20. The van der Waals surface area contributed by atoms with E-state index in [0.717, 1.165) is 12.8 Å². The van der Waals surface area contributed by atoms with Crippen molar-refractivity contribution in [3.63, 3.8) is 0 Å². The summed E-state index contributed by atoms with van der Waals surface area (Å²) in [4.78, 5) is 11.5. The van der Waals surface area contributed by atoms with Crippen molar-refractivity contribution >= 4 is 5.97 Å². The van der Waals surface area contributed by atoms with E-state index in [1.54, 1.807) is 0 Å². The van der Waals surface area contributed by atoms with Crippen LogP contribution in [0.3, 0.4) is 0 Å². The lowest BCUT2D eigenvalue weighted by atomic mass is 9.89. The monoisotopic (exact) mass is 184 g/mol. The van der Waals surface area contributed by atoms with Crippen LogP contribution in [0, 0.1) is 11.8 Å². The largest absolute Gasteiger partial charge is 0.465 e. The van der Waals surface area contributed by atoms with E-state index >= 15 is 0 Å². The van der Waals surface area contributed by atoms with Gasteiger partial charge >= 0.3 is 5.97 Å². The Kier molecular flexibility index (Phi) is 4.26. The van der Waals surface area contributed by atoms with Crippen LogP contribution < -0.4 is 0 Å². The molecule has 0 aromatic rings. The zero-order chi connectivity index (χ0) is 9.68. The molecule has 0 unspecified atom stereocenters. The zero-order valence-corrected chi connectivity index (χ0v) is 8.71. The molecular formula is C11H20O2. The van der Waals surface area contributed by atoms with Gasteiger partial charge in [-0.3, -0.25) is 4.79 Å². The Labute approximate surface area is 80.7 Å². The van der Waals surface area contributed by atoms with Crippen LogP contribution in [0.2, 0.25) is 0 Å². The number of carbonyl (C=O) groups excluding carboxylic acids is 1. The maximum Gasteiger partial charge on any atom is 0.308 e. The first kappa shape index (κ1) is 10.6. The first-order valence-electron chi connectivity index (χ1n) is 5.37. The molecule has 0 aliphatic heterocycles. The predicted molar refractivity (Wildman–Crippen MR) is 52.4 cm³/mol. The average molecular weight is 184 g/mol. The van der Waals surface area contributed by atoms with Gasteiger partial charge in [0.05, 0.1) is 12.5 Å². The molecule has 1 fully saturated rings. The number of rotatable bonds is 3. The smallest absolute Gasteiger partial charge is 0.308 e. The second-order valence-electron chi connectivity index (χ2n) is 4.36. The zero-order valence-electron chi connectivity index (χ0n) is 8.71. The summed E-state index contributed by atoms with van der Waals surface area (Å²) in [5.74, 6) is 0.688. The van der Waals surface area contributed by atoms with Crippen molar-refractivity contribution in [3.05, 3.63) is 0 Å². The van der Waals surface area contributed by atoms with Gasteiger partial charge in [-0.15, -0.1) is 0 Å². The minimum absolute atomic E-state index is 0.0356. The van der Waals surface area contributed by atoms with E-state index in [-0.39, 0.29) is 11.9 Å². The highest BCUT2D eigenvalue weighted by molar-refractivity contribution is 5.72. The molecule has 0 saturated heterocycles. The summed E-state index contributed by atoms with van der Waals surface area (Å²) < 4.78 is 5.20. The normalized spacial score (nSPS) is 19.0. The van der Waals surface area contributed by atoms with Crippen LogP contribution in [-0.2, 0) is 9.53 Å². The molecule has 0 aromatic carbocycles. The van der Waals surface area contributed by atoms with E-state index in [0.29, 0.717) is 12.5 Å². The highest BCUT2D eigenvalue weighted by atomic mass is 16.5. The summed E-state index contributed by atoms with van der Waals surface area (Å²) in [6.07, 6.45) is 5.75. The Morgan fingerprint density at radius 1 is 1.31 bits per heavy atom. The van der Waals surface area contributed by atoms with E-state index in [1.165, 1.54) is 19.3 Å². The maximum absolute atomic E-state index is 11.5. The van der Waals surface area contributed by atoms with Crippen LogP contribution in [0.4, 0.5) is 0 Å². The molecule has 0 atom stereocenters. The molecule has 0 aromatic heterocycles. The predicted octanol–water partition coefficient (Wildman–Crippen LogP) is 2.77. The van der Waals surface area contributed by atoms with Gasteiger partial charge in [0.15, 0.2) is 0 Å². The summed E-state index contributed by atoms with van der Waals surface area (Å²) in [5.41, 5.74) is 0. The van der Waals surface area contributed by atoms with Crippen molar-refractivity contribution in [3.8, 4) is 0 Å². The average Bonchev–Trinajstić information content (AvgIpc) is 2.15. The minimum atomic E-state index is 0.0356. The quantitative estimate of drug-likeness (QED) is 0.630. The minimum Gasteiger partial charge on any atom is -0.465 e. The fraction of sp³-hybridized carbons (Fsp3) is 0.909. The standard InChI is InChI=1S/C11H20O2/c1-9(2)8-13-11(12)10-6-4-3-5-7-10/h9-10H,3-8H2,1-2H3. The number of hydrogen-bond donors (Lipinski definition) is 0. The molecular weight excluding hydrogens is 164 g/mol. The molecule has 0 heterocycles. The first-order valence-corrected chi connectivity index (χ1v) is 5.37. The van der Waals surface area contributed by atoms with E-state index in [1.807, 2.05) is 0 Å². The number of esters is 1. The van der Waals surface area contributed by atoms with Crippen LogP contribution in [0.25, 0.3) is 0 Å². The molecule has 1 rings (SSSR count). The van der Waals surface area contributed by atoms with Crippen molar-refractivity contribution < 1.29 is 9.53 Å². The van der Waals surface area contributed by atoms with Gasteiger partial charge < -0.3 is 4.74 Å². The van der Waals surface area contributed by atoms with E-state index < -0.39 is 0 Å². The van der Waals surface area contributed by atoms with Gasteiger partial charge in [0.1, 0.15) is 0 Å².